The van der Waals surface area contributed by atoms with Crippen LogP contribution >= 0.6 is 11.6 Å². The first-order valence-corrected chi connectivity index (χ1v) is 6.51. The molecule has 2 aromatic rings. The van der Waals surface area contributed by atoms with Gasteiger partial charge in [-0.25, -0.2) is 0 Å². The molecule has 1 aromatic heterocycles. The maximum absolute atomic E-state index is 5.93. The number of aromatic nitrogens is 1. The number of benzene rings is 1. The molecule has 0 aliphatic carbocycles. The molecule has 0 saturated carbocycles. The molecule has 0 spiro atoms. The number of halogens is 1. The summed E-state index contributed by atoms with van der Waals surface area (Å²) >= 11 is 5.93. The molecule has 1 N–H and O–H groups in total. The summed E-state index contributed by atoms with van der Waals surface area (Å²) in [6.07, 6.45) is 0. The van der Waals surface area contributed by atoms with Gasteiger partial charge >= 0.3 is 0 Å². The Kier molecular flexibility index (Phi) is 4.34. The third-order valence-electron chi connectivity index (χ3n) is 2.82. The number of rotatable bonds is 4. The molecule has 0 saturated heterocycles. The number of hydrogen-bond acceptors (Lipinski definition) is 2. The van der Waals surface area contributed by atoms with E-state index < -0.39 is 0 Å². The molecule has 18 heavy (non-hydrogen) atoms. The fourth-order valence-corrected chi connectivity index (χ4v) is 2.10. The van der Waals surface area contributed by atoms with Crippen molar-refractivity contribution in [1.29, 1.82) is 0 Å². The van der Waals surface area contributed by atoms with Crippen LogP contribution < -0.4 is 5.32 Å². The molecule has 0 fully saturated rings. The van der Waals surface area contributed by atoms with Gasteiger partial charge in [-0.1, -0.05) is 36.7 Å². The van der Waals surface area contributed by atoms with Crippen molar-refractivity contribution in [3.8, 4) is 0 Å². The zero-order valence-electron chi connectivity index (χ0n) is 10.7. The van der Waals surface area contributed by atoms with Gasteiger partial charge in [0.2, 0.25) is 0 Å². The third kappa shape index (κ3) is 3.09. The summed E-state index contributed by atoms with van der Waals surface area (Å²) in [7, 11) is 0. The smallest absolute Gasteiger partial charge is 0.0751 e. The fraction of sp³-hybridized carbons (Fsp3) is 0.267. The van der Waals surface area contributed by atoms with E-state index in [2.05, 4.69) is 23.3 Å². The highest BCUT2D eigenvalue weighted by molar-refractivity contribution is 6.30. The van der Waals surface area contributed by atoms with Gasteiger partial charge in [0.25, 0.3) is 0 Å². The second kappa shape index (κ2) is 5.98. The lowest BCUT2D eigenvalue weighted by molar-refractivity contribution is 0.614. The molecule has 3 heteroatoms. The normalized spacial score (nSPS) is 12.4. The lowest BCUT2D eigenvalue weighted by Gasteiger charge is -2.18. The van der Waals surface area contributed by atoms with E-state index in [0.29, 0.717) is 0 Å². The summed E-state index contributed by atoms with van der Waals surface area (Å²) in [4.78, 5) is 4.60. The molecule has 1 heterocycles. The van der Waals surface area contributed by atoms with E-state index in [9.17, 15) is 0 Å². The Hall–Kier alpha value is -1.38. The lowest BCUT2D eigenvalue weighted by Crippen LogP contribution is -2.23. The zero-order chi connectivity index (χ0) is 13.0. The number of hydrogen-bond donors (Lipinski definition) is 1. The molecule has 1 atom stereocenters. The van der Waals surface area contributed by atoms with E-state index in [1.54, 1.807) is 0 Å². The minimum Gasteiger partial charge on any atom is -0.305 e. The summed E-state index contributed by atoms with van der Waals surface area (Å²) in [5.41, 5.74) is 3.25. The standard InChI is InChI=1S/C15H17ClN2/c1-3-17-15(12-7-9-13(16)10-8-12)14-6-4-5-11(2)18-14/h4-10,15,17H,3H2,1-2H3. The van der Waals surface area contributed by atoms with Crippen LogP contribution in [0.5, 0.6) is 0 Å². The Morgan fingerprint density at radius 3 is 2.50 bits per heavy atom. The van der Waals surface area contributed by atoms with E-state index in [0.717, 1.165) is 23.0 Å². The average Bonchev–Trinajstić information content (AvgIpc) is 2.37. The Balaban J connectivity index is 2.36. The van der Waals surface area contributed by atoms with Gasteiger partial charge in [0.05, 0.1) is 11.7 Å². The predicted molar refractivity (Wildman–Crippen MR) is 75.9 cm³/mol. The van der Waals surface area contributed by atoms with Gasteiger partial charge in [0.1, 0.15) is 0 Å². The molecular formula is C15H17ClN2. The van der Waals surface area contributed by atoms with E-state index in [1.165, 1.54) is 5.56 Å². The van der Waals surface area contributed by atoms with E-state index in [-0.39, 0.29) is 6.04 Å². The Bertz CT molecular complexity index is 508. The van der Waals surface area contributed by atoms with Crippen molar-refractivity contribution in [2.75, 3.05) is 6.54 Å². The van der Waals surface area contributed by atoms with E-state index >= 15 is 0 Å². The highest BCUT2D eigenvalue weighted by Crippen LogP contribution is 2.22. The van der Waals surface area contributed by atoms with E-state index in [1.807, 2.05) is 43.3 Å². The highest BCUT2D eigenvalue weighted by atomic mass is 35.5. The van der Waals surface area contributed by atoms with Gasteiger partial charge in [-0.05, 0) is 43.3 Å². The van der Waals surface area contributed by atoms with Crippen LogP contribution in [0.15, 0.2) is 42.5 Å². The predicted octanol–water partition coefficient (Wildman–Crippen LogP) is 3.74. The lowest BCUT2D eigenvalue weighted by atomic mass is 10.0. The molecular weight excluding hydrogens is 244 g/mol. The van der Waals surface area contributed by atoms with Crippen LogP contribution in [-0.2, 0) is 0 Å². The molecule has 2 nitrogen and oxygen atoms in total. The maximum Gasteiger partial charge on any atom is 0.0751 e. The Labute approximate surface area is 113 Å². The highest BCUT2D eigenvalue weighted by Gasteiger charge is 2.14. The fourth-order valence-electron chi connectivity index (χ4n) is 1.98. The van der Waals surface area contributed by atoms with Crippen molar-refractivity contribution in [2.24, 2.45) is 0 Å². The number of nitrogens with zero attached hydrogens (tertiary/aromatic N) is 1. The molecule has 2 rings (SSSR count). The van der Waals surface area contributed by atoms with Crippen LogP contribution in [0.1, 0.15) is 29.9 Å². The first kappa shape index (κ1) is 13.1. The molecule has 0 radical (unpaired) electrons. The van der Waals surface area contributed by atoms with Crippen molar-refractivity contribution >= 4 is 11.6 Å². The number of nitrogens with one attached hydrogen (secondary N) is 1. The summed E-state index contributed by atoms with van der Waals surface area (Å²) in [6.45, 7) is 5.00. The summed E-state index contributed by atoms with van der Waals surface area (Å²) in [5.74, 6) is 0. The first-order chi connectivity index (χ1) is 8.70. The number of pyridine rings is 1. The van der Waals surface area contributed by atoms with Crippen LogP contribution in [0, 0.1) is 6.92 Å². The van der Waals surface area contributed by atoms with Crippen LogP contribution in [0.3, 0.4) is 0 Å². The molecule has 1 unspecified atom stereocenters. The van der Waals surface area contributed by atoms with Crippen LogP contribution in [-0.4, -0.2) is 11.5 Å². The zero-order valence-corrected chi connectivity index (χ0v) is 11.4. The minimum atomic E-state index is 0.118. The van der Waals surface area contributed by atoms with Crippen LogP contribution in [0.4, 0.5) is 0 Å². The van der Waals surface area contributed by atoms with Gasteiger partial charge in [-0.2, -0.15) is 0 Å². The van der Waals surface area contributed by atoms with Gasteiger partial charge < -0.3 is 5.32 Å². The van der Waals surface area contributed by atoms with Crippen LogP contribution in [0.2, 0.25) is 5.02 Å². The van der Waals surface area contributed by atoms with Crippen molar-refractivity contribution in [2.45, 2.75) is 19.9 Å². The minimum absolute atomic E-state index is 0.118. The van der Waals surface area contributed by atoms with E-state index in [4.69, 9.17) is 11.6 Å². The quantitative estimate of drug-likeness (QED) is 0.906. The van der Waals surface area contributed by atoms with Crippen molar-refractivity contribution < 1.29 is 0 Å². The summed E-state index contributed by atoms with van der Waals surface area (Å²) in [5, 5.41) is 4.21. The molecule has 0 amide bonds. The first-order valence-electron chi connectivity index (χ1n) is 6.13. The van der Waals surface area contributed by atoms with Crippen molar-refractivity contribution in [3.63, 3.8) is 0 Å². The van der Waals surface area contributed by atoms with Crippen molar-refractivity contribution in [1.82, 2.24) is 10.3 Å². The van der Waals surface area contributed by atoms with Gasteiger partial charge in [-0.3, -0.25) is 4.98 Å². The Morgan fingerprint density at radius 2 is 1.89 bits per heavy atom. The van der Waals surface area contributed by atoms with Gasteiger partial charge in [-0.15, -0.1) is 0 Å². The molecule has 0 aliphatic heterocycles. The molecule has 0 bridgehead atoms. The molecule has 0 aliphatic rings. The SMILES string of the molecule is CCNC(c1ccc(Cl)cc1)c1cccc(C)n1. The average molecular weight is 261 g/mol. The van der Waals surface area contributed by atoms with Gasteiger partial charge in [0, 0.05) is 10.7 Å². The topological polar surface area (TPSA) is 24.9 Å². The second-order valence-electron chi connectivity index (χ2n) is 4.25. The van der Waals surface area contributed by atoms with Crippen LogP contribution in [0.25, 0.3) is 0 Å². The largest absolute Gasteiger partial charge is 0.305 e. The summed E-state index contributed by atoms with van der Waals surface area (Å²) in [6, 6.07) is 14.1. The monoisotopic (exact) mass is 260 g/mol. The maximum atomic E-state index is 5.93. The number of aryl methyl sites for hydroxylation is 1. The van der Waals surface area contributed by atoms with Crippen molar-refractivity contribution in [3.05, 3.63) is 64.4 Å². The third-order valence-corrected chi connectivity index (χ3v) is 3.07. The van der Waals surface area contributed by atoms with Gasteiger partial charge in [0.15, 0.2) is 0 Å². The Morgan fingerprint density at radius 1 is 1.17 bits per heavy atom. The molecule has 1 aromatic carbocycles. The molecule has 94 valence electrons. The summed E-state index contributed by atoms with van der Waals surface area (Å²) < 4.78 is 0. The second-order valence-corrected chi connectivity index (χ2v) is 4.68.